The molecule has 1 aromatic carbocycles. The summed E-state index contributed by atoms with van der Waals surface area (Å²) in [6.45, 7) is 29.0. The van der Waals surface area contributed by atoms with E-state index in [1.54, 1.807) is 41.6 Å². The smallest absolute Gasteiger partial charge is 0.405 e. The minimum absolute atomic E-state index is 0.0184. The van der Waals surface area contributed by atoms with E-state index in [2.05, 4.69) is 41.0 Å². The minimum atomic E-state index is -1.45. The molecule has 504 valence electrons. The minimum Gasteiger partial charge on any atom is -0.460 e. The summed E-state index contributed by atoms with van der Waals surface area (Å²) in [6.07, 6.45) is -0.316. The van der Waals surface area contributed by atoms with Crippen molar-refractivity contribution in [3.8, 4) is 11.1 Å². The number of aliphatic hydroxyl groups is 2. The number of halogens is 1. The van der Waals surface area contributed by atoms with Gasteiger partial charge in [0.15, 0.2) is 11.9 Å². The van der Waals surface area contributed by atoms with E-state index in [1.165, 1.54) is 4.68 Å². The largest absolute Gasteiger partial charge is 0.460 e. The highest BCUT2D eigenvalue weighted by Gasteiger charge is 2.57. The number of carbonyl (C=O) groups excluding carboxylic acids is 2. The summed E-state index contributed by atoms with van der Waals surface area (Å²) in [7, 11) is 8.32. The zero-order chi connectivity index (χ0) is 66.2. The third kappa shape index (κ3) is 18.4. The van der Waals surface area contributed by atoms with Crippen molar-refractivity contribution in [1.82, 2.24) is 24.9 Å². The predicted molar refractivity (Wildman–Crippen MR) is 338 cm³/mol. The van der Waals surface area contributed by atoms with E-state index < -0.39 is 95.9 Å². The molecule has 0 aliphatic carbocycles. The van der Waals surface area contributed by atoms with Crippen LogP contribution >= 0.6 is 0 Å². The monoisotopic (exact) mass is 1260 g/mol. The normalized spacial score (nSPS) is 26.4. The summed E-state index contributed by atoms with van der Waals surface area (Å²) < 4.78 is 78.5. The summed E-state index contributed by atoms with van der Waals surface area (Å²) in [5.74, 6) is -0.934. The second-order valence-electron chi connectivity index (χ2n) is 26.4. The lowest BCUT2D eigenvalue weighted by molar-refractivity contribution is -0.304. The fraction of sp³-hybridized carbons (Fsp3) is 0.746. The molecule has 2 aromatic heterocycles. The van der Waals surface area contributed by atoms with Gasteiger partial charge in [0.1, 0.15) is 43.9 Å². The number of primary amides is 1. The number of likely N-dealkylation sites (N-methyl/N-ethyl adjacent to an activating group) is 1. The van der Waals surface area contributed by atoms with Crippen LogP contribution in [0.25, 0.3) is 11.1 Å². The van der Waals surface area contributed by atoms with Gasteiger partial charge in [-0.1, -0.05) is 89.2 Å². The van der Waals surface area contributed by atoms with Gasteiger partial charge in [0.05, 0.1) is 47.9 Å². The molecule has 5 rings (SSSR count). The summed E-state index contributed by atoms with van der Waals surface area (Å²) in [6, 6.07) is 10.3. The van der Waals surface area contributed by atoms with Crippen LogP contribution < -0.4 is 11.5 Å². The van der Waals surface area contributed by atoms with Crippen molar-refractivity contribution < 1.29 is 71.6 Å². The van der Waals surface area contributed by atoms with Crippen molar-refractivity contribution >= 4 is 12.6 Å². The van der Waals surface area contributed by atoms with Crippen LogP contribution in [0.15, 0.2) is 60.9 Å². The maximum Gasteiger partial charge on any atom is 0.405 e. The number of carbonyl (C=O) groups is 2. The average molecular weight is 1260 g/mol. The molecule has 0 saturated carbocycles. The molecule has 0 bridgehead atoms. The van der Waals surface area contributed by atoms with E-state index in [1.807, 2.05) is 105 Å². The van der Waals surface area contributed by atoms with Crippen molar-refractivity contribution in [2.24, 2.45) is 40.6 Å². The molecule has 2 fully saturated rings. The van der Waals surface area contributed by atoms with Crippen molar-refractivity contribution in [3.05, 3.63) is 77.9 Å². The van der Waals surface area contributed by atoms with Gasteiger partial charge in [0, 0.05) is 89.0 Å². The second-order valence-corrected chi connectivity index (χ2v) is 26.4. The Morgan fingerprint density at radius 2 is 1.71 bits per heavy atom. The zero-order valence-electron chi connectivity index (χ0n) is 56.4. The topological polar surface area (TPSA) is 266 Å². The molecule has 2 aliphatic rings. The molecular weight excluding hydrogens is 1150 g/mol. The Morgan fingerprint density at radius 3 is 2.28 bits per heavy atom. The predicted octanol–water partition coefficient (Wildman–Crippen LogP) is 9.43. The molecule has 3 aromatic rings. The Balaban J connectivity index is 1.45. The number of nitrogens with zero attached hydrogens (tertiary/aromatic N) is 5. The van der Waals surface area contributed by atoms with Gasteiger partial charge < -0.3 is 73.9 Å². The van der Waals surface area contributed by atoms with Gasteiger partial charge in [-0.3, -0.25) is 9.78 Å². The Bertz CT molecular complexity index is 2620. The number of hydrogen-bond donors (Lipinski definition) is 4. The first kappa shape index (κ1) is 75.2. The Kier molecular flexibility index (Phi) is 28.6. The number of nitrogens with two attached hydrogens (primary N) is 2. The van der Waals surface area contributed by atoms with Gasteiger partial charge in [-0.15, -0.1) is 5.10 Å². The SMILES string of the molecule is C=C(CC[C@@](C)(OC)[C@H](O[C@@H]1O[C@H](C)C[C@H](N(C)CCc2cn([C@H](CF)[C@H](OC)c3ccc(-c4ccc(C)nc4)cc3)nn2)[C@H]1O)[C@@H](C)C(C(C)C)[C@H]1C[C@@](C)(OC)[C@@H](O)[C@H](C)O1)[C@H](C)[C@](C)(CC[C@H](N)CCOCOC)[C@](C)(OC(N)=O)[C@@H](CC)OC=O. The van der Waals surface area contributed by atoms with Gasteiger partial charge >= 0.3 is 6.09 Å². The number of hydrogen-bond acceptors (Lipinski definition) is 19. The maximum absolute atomic E-state index is 15.1. The van der Waals surface area contributed by atoms with E-state index in [-0.39, 0.29) is 42.8 Å². The van der Waals surface area contributed by atoms with E-state index in [9.17, 15) is 19.8 Å². The fourth-order valence-corrected chi connectivity index (χ4v) is 14.1. The van der Waals surface area contributed by atoms with Gasteiger partial charge in [-0.05, 0) is 134 Å². The standard InChI is InChI=1S/C67H110FN7O14/c1-19-56(85-39-76)67(13,89-63(70)79)64(10,30-27-51(69)29-33-84-40-80-15)46(8)42(4)26-31-65(11,82-17)61(45(7)57(41(2)3)55-35-66(12,83-18)60(78)47(9)87-55)88-62-58(77)53(34-44(6)86-62)74(14)32-28-52-38-75(73-72-52)54(36-68)59(81-16)49-24-22-48(23-25-49)50-21-20-43(5)71-37-50/h20-25,37-39,41,44-47,51,53-62,77-78H,4,19,26-36,40,69H2,1-3,5-18H3,(H2,70,79)/t44-,45+,46+,47+,51+,53+,54-,55-,56-,57?,58-,59-,60+,61-,62+,64+,65-,66-,67-/m1/s1. The molecule has 2 aliphatic heterocycles. The lowest BCUT2D eigenvalue weighted by Gasteiger charge is -2.53. The number of pyridine rings is 1. The molecule has 4 heterocycles. The summed E-state index contributed by atoms with van der Waals surface area (Å²) >= 11 is 0. The average Bonchev–Trinajstić information content (AvgIpc) is 1.25. The van der Waals surface area contributed by atoms with Crippen LogP contribution in [0, 0.1) is 36.0 Å². The number of aliphatic hydroxyl groups excluding tert-OH is 2. The molecule has 1 unspecified atom stereocenters. The van der Waals surface area contributed by atoms with Crippen LogP contribution in [0.1, 0.15) is 157 Å². The van der Waals surface area contributed by atoms with Gasteiger partial charge in [-0.25, -0.2) is 13.9 Å². The number of rotatable bonds is 38. The fourth-order valence-electron chi connectivity index (χ4n) is 14.1. The van der Waals surface area contributed by atoms with Gasteiger partial charge in [0.25, 0.3) is 6.47 Å². The number of aromatic nitrogens is 4. The van der Waals surface area contributed by atoms with E-state index in [0.717, 1.165) is 28.0 Å². The highest BCUT2D eigenvalue weighted by atomic mass is 19.1. The molecule has 21 nitrogen and oxygen atoms in total. The van der Waals surface area contributed by atoms with Crippen LogP contribution in [0.4, 0.5) is 9.18 Å². The zero-order valence-corrected chi connectivity index (χ0v) is 56.4. The van der Waals surface area contributed by atoms with Crippen LogP contribution in [-0.4, -0.2) is 188 Å². The molecule has 1 amide bonds. The van der Waals surface area contributed by atoms with Crippen molar-refractivity contribution in [1.29, 1.82) is 0 Å². The number of alkyl halides is 1. The number of aryl methyl sites for hydroxylation is 1. The van der Waals surface area contributed by atoms with Crippen molar-refractivity contribution in [3.63, 3.8) is 0 Å². The lowest BCUT2D eigenvalue weighted by atomic mass is 9.58. The molecule has 0 spiro atoms. The Morgan fingerprint density at radius 1 is 1.02 bits per heavy atom. The van der Waals surface area contributed by atoms with Crippen molar-refractivity contribution in [2.45, 2.75) is 231 Å². The summed E-state index contributed by atoms with van der Waals surface area (Å²) in [5, 5.41) is 32.9. The quantitative estimate of drug-likeness (QED) is 0.0180. The first-order chi connectivity index (χ1) is 42.0. The van der Waals surface area contributed by atoms with Crippen molar-refractivity contribution in [2.75, 3.05) is 62.1 Å². The van der Waals surface area contributed by atoms with Crippen LogP contribution in [-0.2, 0) is 58.6 Å². The Labute approximate surface area is 529 Å². The number of methoxy groups -OCH3 is 4. The molecule has 89 heavy (non-hydrogen) atoms. The molecule has 6 N–H and O–H groups in total. The second kappa shape index (κ2) is 33.8. The molecule has 19 atom stereocenters. The van der Waals surface area contributed by atoms with Crippen LogP contribution in [0.3, 0.4) is 0 Å². The molecule has 0 radical (unpaired) electrons. The van der Waals surface area contributed by atoms with E-state index in [4.69, 9.17) is 65.4 Å². The number of benzene rings is 1. The maximum atomic E-state index is 15.1. The van der Waals surface area contributed by atoms with Gasteiger partial charge in [-0.2, -0.15) is 0 Å². The van der Waals surface area contributed by atoms with Crippen LogP contribution in [0.5, 0.6) is 0 Å². The summed E-state index contributed by atoms with van der Waals surface area (Å²) in [4.78, 5) is 31.5. The highest BCUT2D eigenvalue weighted by Crippen LogP contribution is 2.52. The summed E-state index contributed by atoms with van der Waals surface area (Å²) in [5.41, 5.74) is 13.3. The molecule has 2 saturated heterocycles. The third-order valence-corrected chi connectivity index (χ3v) is 20.2. The first-order valence-corrected chi connectivity index (χ1v) is 31.8. The molecule has 22 heteroatoms. The van der Waals surface area contributed by atoms with E-state index in [0.29, 0.717) is 83.1 Å². The number of amides is 1. The molecular formula is C67H110FN7O14. The van der Waals surface area contributed by atoms with E-state index >= 15 is 4.39 Å². The number of ether oxygens (including phenoxy) is 10. The van der Waals surface area contributed by atoms with Gasteiger partial charge in [0.2, 0.25) is 0 Å². The highest BCUT2D eigenvalue weighted by molar-refractivity contribution is 5.65. The first-order valence-electron chi connectivity index (χ1n) is 31.8. The van der Waals surface area contributed by atoms with Crippen LogP contribution in [0.2, 0.25) is 0 Å². The Hall–Kier alpha value is -4.56. The third-order valence-electron chi connectivity index (χ3n) is 20.2. The number of allylic oxidation sites excluding steroid dienone is 1. The lowest BCUT2D eigenvalue weighted by Crippen LogP contribution is -2.61.